The Morgan fingerprint density at radius 1 is 1.11 bits per heavy atom. The van der Waals surface area contributed by atoms with Crippen LogP contribution in [0.4, 0.5) is 5.95 Å². The minimum absolute atomic E-state index is 0.507. The number of aromatic nitrogens is 2. The topological polar surface area (TPSA) is 29.0 Å². The molecule has 2 heterocycles. The zero-order chi connectivity index (χ0) is 13.4. The van der Waals surface area contributed by atoms with Gasteiger partial charge in [-0.1, -0.05) is 41.9 Å². The van der Waals surface area contributed by atoms with Crippen molar-refractivity contribution in [2.24, 2.45) is 0 Å². The molecular weight excluding hydrogens is 278 g/mol. The van der Waals surface area contributed by atoms with Crippen LogP contribution in [0.15, 0.2) is 36.4 Å². The molecule has 3 rings (SSSR count). The second kappa shape index (κ2) is 4.79. The van der Waals surface area contributed by atoms with Gasteiger partial charge in [-0.25, -0.2) is 9.97 Å². The number of rotatable bonds is 2. The number of nitrogens with zero attached hydrogens (tertiary/aromatic N) is 3. The van der Waals surface area contributed by atoms with Crippen molar-refractivity contribution in [3.8, 4) is 10.4 Å². The van der Waals surface area contributed by atoms with E-state index in [-0.39, 0.29) is 0 Å². The van der Waals surface area contributed by atoms with E-state index >= 15 is 0 Å². The summed E-state index contributed by atoms with van der Waals surface area (Å²) in [5.74, 6) is 0.638. The molecule has 0 N–H and O–H groups in total. The average Bonchev–Trinajstić information content (AvgIpc) is 2.84. The number of fused-ring (bicyclic) bond motifs is 1. The largest absolute Gasteiger partial charge is 0.347 e. The fraction of sp³-hybridized carbons (Fsp3) is 0.143. The number of hydrogen-bond acceptors (Lipinski definition) is 4. The van der Waals surface area contributed by atoms with Gasteiger partial charge in [-0.3, -0.25) is 0 Å². The molecule has 0 aliphatic rings. The number of thiophene rings is 1. The van der Waals surface area contributed by atoms with Crippen molar-refractivity contribution in [3.05, 3.63) is 41.6 Å². The van der Waals surface area contributed by atoms with Gasteiger partial charge in [0.2, 0.25) is 5.95 Å². The summed E-state index contributed by atoms with van der Waals surface area (Å²) in [6.45, 7) is 0. The fourth-order valence-corrected chi connectivity index (χ4v) is 3.13. The third-order valence-electron chi connectivity index (χ3n) is 2.79. The lowest BCUT2D eigenvalue weighted by molar-refractivity contribution is 1.02. The van der Waals surface area contributed by atoms with Crippen LogP contribution in [0.1, 0.15) is 0 Å². The van der Waals surface area contributed by atoms with Crippen molar-refractivity contribution >= 4 is 39.1 Å². The van der Waals surface area contributed by atoms with Crippen LogP contribution in [0.3, 0.4) is 0 Å². The highest BCUT2D eigenvalue weighted by Crippen LogP contribution is 2.35. The lowest BCUT2D eigenvalue weighted by atomic mass is 10.2. The highest BCUT2D eigenvalue weighted by molar-refractivity contribution is 7.22. The van der Waals surface area contributed by atoms with Gasteiger partial charge in [0.1, 0.15) is 9.98 Å². The van der Waals surface area contributed by atoms with Gasteiger partial charge in [-0.2, -0.15) is 0 Å². The van der Waals surface area contributed by atoms with E-state index in [1.807, 2.05) is 37.2 Å². The molecule has 0 saturated heterocycles. The molecule has 96 valence electrons. The molecule has 19 heavy (non-hydrogen) atoms. The van der Waals surface area contributed by atoms with Gasteiger partial charge < -0.3 is 4.90 Å². The van der Waals surface area contributed by atoms with E-state index in [4.69, 9.17) is 11.6 Å². The number of halogens is 1. The Hall–Kier alpha value is -1.65. The third kappa shape index (κ3) is 2.29. The molecule has 5 heteroatoms. The smallest absolute Gasteiger partial charge is 0.227 e. The highest BCUT2D eigenvalue weighted by Gasteiger charge is 2.12. The maximum Gasteiger partial charge on any atom is 0.227 e. The molecule has 0 atom stereocenters. The molecule has 0 spiro atoms. The molecule has 3 aromatic rings. The van der Waals surface area contributed by atoms with Gasteiger partial charge in [-0.15, -0.1) is 11.3 Å². The predicted molar refractivity (Wildman–Crippen MR) is 82.2 cm³/mol. The van der Waals surface area contributed by atoms with Gasteiger partial charge >= 0.3 is 0 Å². The van der Waals surface area contributed by atoms with E-state index in [1.165, 1.54) is 5.56 Å². The molecule has 0 radical (unpaired) electrons. The van der Waals surface area contributed by atoms with Crippen LogP contribution in [-0.4, -0.2) is 24.1 Å². The van der Waals surface area contributed by atoms with E-state index < -0.39 is 0 Å². The van der Waals surface area contributed by atoms with Gasteiger partial charge in [0.25, 0.3) is 0 Å². The summed E-state index contributed by atoms with van der Waals surface area (Å²) in [7, 11) is 3.81. The van der Waals surface area contributed by atoms with E-state index in [9.17, 15) is 0 Å². The summed E-state index contributed by atoms with van der Waals surface area (Å²) in [4.78, 5) is 12.8. The maximum absolute atomic E-state index is 6.24. The number of benzene rings is 1. The van der Waals surface area contributed by atoms with Crippen molar-refractivity contribution in [1.82, 2.24) is 9.97 Å². The normalized spacial score (nSPS) is 10.9. The molecule has 3 nitrogen and oxygen atoms in total. The summed E-state index contributed by atoms with van der Waals surface area (Å²) in [5.41, 5.74) is 1.17. The zero-order valence-electron chi connectivity index (χ0n) is 10.6. The Morgan fingerprint density at radius 2 is 1.84 bits per heavy atom. The second-order valence-electron chi connectivity index (χ2n) is 4.40. The highest BCUT2D eigenvalue weighted by atomic mass is 35.5. The van der Waals surface area contributed by atoms with Gasteiger partial charge in [0.15, 0.2) is 0 Å². The predicted octanol–water partition coefficient (Wildman–Crippen LogP) is 4.08. The van der Waals surface area contributed by atoms with Crippen LogP contribution >= 0.6 is 22.9 Å². The molecular formula is C14H12ClN3S. The second-order valence-corrected chi connectivity index (χ2v) is 5.79. The molecule has 1 aromatic carbocycles. The van der Waals surface area contributed by atoms with Gasteiger partial charge in [0, 0.05) is 24.4 Å². The summed E-state index contributed by atoms with van der Waals surface area (Å²) >= 11 is 7.87. The van der Waals surface area contributed by atoms with Crippen molar-refractivity contribution in [2.75, 3.05) is 19.0 Å². The number of hydrogen-bond donors (Lipinski definition) is 0. The number of anilines is 1. The molecule has 0 aliphatic carbocycles. The first-order valence-electron chi connectivity index (χ1n) is 5.85. The van der Waals surface area contributed by atoms with Gasteiger partial charge in [-0.05, 0) is 11.6 Å². The zero-order valence-corrected chi connectivity index (χ0v) is 12.2. The Balaban J connectivity index is 2.18. The summed E-state index contributed by atoms with van der Waals surface area (Å²) in [6.07, 6.45) is 0. The first-order valence-corrected chi connectivity index (χ1v) is 7.04. The first kappa shape index (κ1) is 12.4. The minimum atomic E-state index is 0.507. The SMILES string of the molecule is CN(C)c1nc(Cl)c2cc(-c3ccccc3)sc2n1. The third-order valence-corrected chi connectivity index (χ3v) is 4.16. The fourth-order valence-electron chi connectivity index (χ4n) is 1.82. The lowest BCUT2D eigenvalue weighted by Gasteiger charge is -2.09. The van der Waals surface area contributed by atoms with E-state index in [0.29, 0.717) is 11.1 Å². The first-order chi connectivity index (χ1) is 9.15. The molecule has 0 saturated carbocycles. The Morgan fingerprint density at radius 3 is 2.53 bits per heavy atom. The van der Waals surface area contributed by atoms with Crippen molar-refractivity contribution < 1.29 is 0 Å². The van der Waals surface area contributed by atoms with Crippen LogP contribution in [0.2, 0.25) is 5.15 Å². The summed E-state index contributed by atoms with van der Waals surface area (Å²) in [5, 5.41) is 1.42. The van der Waals surface area contributed by atoms with E-state index in [2.05, 4.69) is 28.2 Å². The molecule has 0 unspecified atom stereocenters. The van der Waals surface area contributed by atoms with Crippen LogP contribution in [0.25, 0.3) is 20.7 Å². The lowest BCUT2D eigenvalue weighted by Crippen LogP contribution is -2.12. The average molecular weight is 290 g/mol. The quantitative estimate of drug-likeness (QED) is 0.666. The molecule has 0 bridgehead atoms. The molecule has 0 aliphatic heterocycles. The van der Waals surface area contributed by atoms with Crippen molar-refractivity contribution in [1.29, 1.82) is 0 Å². The monoisotopic (exact) mass is 289 g/mol. The van der Waals surface area contributed by atoms with Gasteiger partial charge in [0.05, 0.1) is 0 Å². The van der Waals surface area contributed by atoms with Crippen LogP contribution < -0.4 is 4.90 Å². The maximum atomic E-state index is 6.24. The Labute approximate surface area is 120 Å². The Bertz CT molecular complexity index is 722. The molecule has 0 amide bonds. The van der Waals surface area contributed by atoms with E-state index in [1.54, 1.807) is 11.3 Å². The van der Waals surface area contributed by atoms with Crippen LogP contribution in [0, 0.1) is 0 Å². The summed E-state index contributed by atoms with van der Waals surface area (Å²) < 4.78 is 0. The van der Waals surface area contributed by atoms with E-state index in [0.717, 1.165) is 15.1 Å². The summed E-state index contributed by atoms with van der Waals surface area (Å²) in [6, 6.07) is 12.3. The van der Waals surface area contributed by atoms with Crippen LogP contribution in [0.5, 0.6) is 0 Å². The van der Waals surface area contributed by atoms with Crippen molar-refractivity contribution in [3.63, 3.8) is 0 Å². The minimum Gasteiger partial charge on any atom is -0.347 e. The Kier molecular flexibility index (Phi) is 3.12. The molecule has 0 fully saturated rings. The van der Waals surface area contributed by atoms with Crippen LogP contribution in [-0.2, 0) is 0 Å². The standard InChI is InChI=1S/C14H12ClN3S/c1-18(2)14-16-12(15)10-8-11(19-13(10)17-14)9-6-4-3-5-7-9/h3-8H,1-2H3. The molecule has 2 aromatic heterocycles. The van der Waals surface area contributed by atoms with Crippen molar-refractivity contribution in [2.45, 2.75) is 0 Å².